The summed E-state index contributed by atoms with van der Waals surface area (Å²) in [5.74, 6) is -2.24. The van der Waals surface area contributed by atoms with Crippen LogP contribution in [-0.2, 0) is 16.0 Å². The van der Waals surface area contributed by atoms with Gasteiger partial charge in [-0.2, -0.15) is 0 Å². The number of benzene rings is 1. The number of carboxylic acids is 1. The summed E-state index contributed by atoms with van der Waals surface area (Å²) >= 11 is 0. The standard InChI is InChI=1S/C13H16FNO3/c1-8(13(17)18)9(2)15-12(16)7-10-3-5-11(14)6-4-10/h3-6,8-9H,7H2,1-2H3,(H,15,16)(H,17,18). The summed E-state index contributed by atoms with van der Waals surface area (Å²) in [6, 6.07) is 5.17. The first-order valence-corrected chi connectivity index (χ1v) is 5.66. The number of nitrogens with one attached hydrogen (secondary N) is 1. The molecule has 2 N–H and O–H groups in total. The molecule has 2 atom stereocenters. The van der Waals surface area contributed by atoms with E-state index in [1.807, 2.05) is 0 Å². The molecule has 0 heterocycles. The van der Waals surface area contributed by atoms with Crippen molar-refractivity contribution >= 4 is 11.9 Å². The first kappa shape index (κ1) is 14.2. The maximum Gasteiger partial charge on any atom is 0.308 e. The average molecular weight is 253 g/mol. The van der Waals surface area contributed by atoms with Crippen molar-refractivity contribution in [3.8, 4) is 0 Å². The zero-order valence-electron chi connectivity index (χ0n) is 10.3. The van der Waals surface area contributed by atoms with Gasteiger partial charge in [0.1, 0.15) is 5.82 Å². The number of rotatable bonds is 5. The van der Waals surface area contributed by atoms with Crippen LogP contribution in [0.25, 0.3) is 0 Å². The number of hydrogen-bond acceptors (Lipinski definition) is 2. The van der Waals surface area contributed by atoms with Gasteiger partial charge < -0.3 is 10.4 Å². The molecule has 4 nitrogen and oxygen atoms in total. The molecule has 0 bridgehead atoms. The lowest BCUT2D eigenvalue weighted by Gasteiger charge is -2.17. The predicted molar refractivity (Wildman–Crippen MR) is 64.5 cm³/mol. The molecular formula is C13H16FNO3. The van der Waals surface area contributed by atoms with Crippen molar-refractivity contribution in [3.63, 3.8) is 0 Å². The number of carboxylic acid groups (broad SMARTS) is 1. The number of carbonyl (C=O) groups is 2. The SMILES string of the molecule is CC(NC(=O)Cc1ccc(F)cc1)C(C)C(=O)O. The quantitative estimate of drug-likeness (QED) is 0.837. The van der Waals surface area contributed by atoms with E-state index in [4.69, 9.17) is 5.11 Å². The molecule has 1 rings (SSSR count). The van der Waals surface area contributed by atoms with E-state index < -0.39 is 17.9 Å². The van der Waals surface area contributed by atoms with Gasteiger partial charge in [0.2, 0.25) is 5.91 Å². The Hall–Kier alpha value is -1.91. The number of halogens is 1. The van der Waals surface area contributed by atoms with Gasteiger partial charge in [-0.1, -0.05) is 12.1 Å². The van der Waals surface area contributed by atoms with Crippen LogP contribution < -0.4 is 5.32 Å². The normalized spacial score (nSPS) is 13.7. The lowest BCUT2D eigenvalue weighted by Crippen LogP contribution is -2.40. The minimum atomic E-state index is -0.954. The summed E-state index contributed by atoms with van der Waals surface area (Å²) in [6.07, 6.45) is 0.108. The third kappa shape index (κ3) is 4.16. The summed E-state index contributed by atoms with van der Waals surface area (Å²) < 4.78 is 12.7. The highest BCUT2D eigenvalue weighted by Crippen LogP contribution is 2.06. The van der Waals surface area contributed by atoms with E-state index in [1.165, 1.54) is 31.2 Å². The Morgan fingerprint density at radius 3 is 2.33 bits per heavy atom. The largest absolute Gasteiger partial charge is 0.481 e. The van der Waals surface area contributed by atoms with Crippen molar-refractivity contribution in [2.45, 2.75) is 26.3 Å². The Kier molecular flexibility index (Phi) is 4.83. The number of amides is 1. The molecule has 0 saturated heterocycles. The molecule has 18 heavy (non-hydrogen) atoms. The van der Waals surface area contributed by atoms with Gasteiger partial charge in [0.25, 0.3) is 0 Å². The Labute approximate surface area is 105 Å². The van der Waals surface area contributed by atoms with Gasteiger partial charge >= 0.3 is 5.97 Å². The van der Waals surface area contributed by atoms with Gasteiger partial charge in [0.05, 0.1) is 12.3 Å². The zero-order chi connectivity index (χ0) is 13.7. The smallest absolute Gasteiger partial charge is 0.308 e. The van der Waals surface area contributed by atoms with Crippen LogP contribution in [0.4, 0.5) is 4.39 Å². The van der Waals surface area contributed by atoms with E-state index in [0.717, 1.165) is 0 Å². The fourth-order valence-corrected chi connectivity index (χ4v) is 1.43. The lowest BCUT2D eigenvalue weighted by atomic mass is 10.0. The summed E-state index contributed by atoms with van der Waals surface area (Å²) in [7, 11) is 0. The maximum absolute atomic E-state index is 12.7. The van der Waals surface area contributed by atoms with Crippen molar-refractivity contribution in [3.05, 3.63) is 35.6 Å². The first-order chi connectivity index (χ1) is 8.40. The summed E-state index contributed by atoms with van der Waals surface area (Å²) in [4.78, 5) is 22.4. The van der Waals surface area contributed by atoms with Crippen LogP contribution in [0, 0.1) is 11.7 Å². The van der Waals surface area contributed by atoms with Crippen LogP contribution in [0.15, 0.2) is 24.3 Å². The predicted octanol–water partition coefficient (Wildman–Crippen LogP) is 1.59. The molecule has 0 saturated carbocycles. The Bertz CT molecular complexity index is 430. The molecular weight excluding hydrogens is 237 g/mol. The van der Waals surface area contributed by atoms with E-state index in [1.54, 1.807) is 6.92 Å². The van der Waals surface area contributed by atoms with E-state index >= 15 is 0 Å². The Morgan fingerprint density at radius 2 is 1.83 bits per heavy atom. The van der Waals surface area contributed by atoms with Crippen molar-refractivity contribution in [1.29, 1.82) is 0 Å². The third-order valence-corrected chi connectivity index (χ3v) is 2.81. The van der Waals surface area contributed by atoms with Gasteiger partial charge in [-0.15, -0.1) is 0 Å². The van der Waals surface area contributed by atoms with Crippen LogP contribution in [0.1, 0.15) is 19.4 Å². The molecule has 5 heteroatoms. The van der Waals surface area contributed by atoms with Crippen LogP contribution in [0.3, 0.4) is 0 Å². The molecule has 0 spiro atoms. The Morgan fingerprint density at radius 1 is 1.28 bits per heavy atom. The zero-order valence-corrected chi connectivity index (χ0v) is 10.3. The fourth-order valence-electron chi connectivity index (χ4n) is 1.43. The molecule has 0 fully saturated rings. The van der Waals surface area contributed by atoms with Crippen molar-refractivity contribution in [2.75, 3.05) is 0 Å². The minimum Gasteiger partial charge on any atom is -0.481 e. The molecule has 0 aliphatic carbocycles. The van der Waals surface area contributed by atoms with E-state index in [-0.39, 0.29) is 18.1 Å². The van der Waals surface area contributed by atoms with Gasteiger partial charge in [0, 0.05) is 6.04 Å². The highest BCUT2D eigenvalue weighted by Gasteiger charge is 2.20. The van der Waals surface area contributed by atoms with Gasteiger partial charge in [-0.05, 0) is 31.5 Å². The van der Waals surface area contributed by atoms with E-state index in [9.17, 15) is 14.0 Å². The van der Waals surface area contributed by atoms with Crippen molar-refractivity contribution < 1.29 is 19.1 Å². The molecule has 0 aliphatic rings. The molecule has 0 aromatic heterocycles. The summed E-state index contributed by atoms with van der Waals surface area (Å²) in [5.41, 5.74) is 0.684. The third-order valence-electron chi connectivity index (χ3n) is 2.81. The van der Waals surface area contributed by atoms with Gasteiger partial charge in [-0.3, -0.25) is 9.59 Å². The second kappa shape index (κ2) is 6.14. The van der Waals surface area contributed by atoms with Crippen LogP contribution in [-0.4, -0.2) is 23.0 Å². The molecule has 0 aliphatic heterocycles. The number of hydrogen-bond donors (Lipinski definition) is 2. The van der Waals surface area contributed by atoms with Gasteiger partial charge in [0.15, 0.2) is 0 Å². The van der Waals surface area contributed by atoms with E-state index in [2.05, 4.69) is 5.32 Å². The maximum atomic E-state index is 12.7. The molecule has 1 amide bonds. The van der Waals surface area contributed by atoms with Crippen molar-refractivity contribution in [2.24, 2.45) is 5.92 Å². The topological polar surface area (TPSA) is 66.4 Å². The Balaban J connectivity index is 2.51. The fraction of sp³-hybridized carbons (Fsp3) is 0.385. The highest BCUT2D eigenvalue weighted by atomic mass is 19.1. The summed E-state index contributed by atoms with van der Waals surface area (Å²) in [6.45, 7) is 3.17. The monoisotopic (exact) mass is 253 g/mol. The average Bonchev–Trinajstić information content (AvgIpc) is 2.30. The number of carbonyl (C=O) groups excluding carboxylic acids is 1. The lowest BCUT2D eigenvalue weighted by molar-refractivity contribution is -0.142. The van der Waals surface area contributed by atoms with E-state index in [0.29, 0.717) is 5.56 Å². The first-order valence-electron chi connectivity index (χ1n) is 5.66. The molecule has 1 aromatic rings. The van der Waals surface area contributed by atoms with Crippen molar-refractivity contribution in [1.82, 2.24) is 5.32 Å². The van der Waals surface area contributed by atoms with Gasteiger partial charge in [-0.25, -0.2) is 4.39 Å². The molecule has 0 radical (unpaired) electrons. The highest BCUT2D eigenvalue weighted by molar-refractivity contribution is 5.80. The second-order valence-corrected chi connectivity index (χ2v) is 4.29. The van der Waals surface area contributed by atoms with Crippen LogP contribution in [0.2, 0.25) is 0 Å². The minimum absolute atomic E-state index is 0.108. The van der Waals surface area contributed by atoms with Crippen LogP contribution >= 0.6 is 0 Å². The molecule has 1 aromatic carbocycles. The molecule has 98 valence electrons. The second-order valence-electron chi connectivity index (χ2n) is 4.29. The molecule has 2 unspecified atom stereocenters. The van der Waals surface area contributed by atoms with Crippen LogP contribution in [0.5, 0.6) is 0 Å². The number of aliphatic carboxylic acids is 1. The summed E-state index contributed by atoms with van der Waals surface area (Å²) in [5, 5.41) is 11.4.